The number of hydrogen-bond acceptors (Lipinski definition) is 4. The van der Waals surface area contributed by atoms with Crippen molar-refractivity contribution in [2.75, 3.05) is 13.2 Å². The lowest BCUT2D eigenvalue weighted by molar-refractivity contribution is -0.305. The van der Waals surface area contributed by atoms with Crippen molar-refractivity contribution in [3.05, 3.63) is 35.4 Å². The van der Waals surface area contributed by atoms with Crippen LogP contribution < -0.4 is 10.4 Å². The summed E-state index contributed by atoms with van der Waals surface area (Å²) in [6.45, 7) is 7.62. The smallest absolute Gasteiger partial charge is 0.220 e. The van der Waals surface area contributed by atoms with E-state index in [-0.39, 0.29) is 29.8 Å². The lowest BCUT2D eigenvalue weighted by Gasteiger charge is -2.47. The molecular formula is C21H30NO4-. The molecule has 1 N–H and O–H groups in total. The maximum absolute atomic E-state index is 11.8. The van der Waals surface area contributed by atoms with Gasteiger partial charge in [0.05, 0.1) is 5.60 Å². The van der Waals surface area contributed by atoms with Crippen LogP contribution in [0.15, 0.2) is 24.3 Å². The zero-order chi connectivity index (χ0) is 19.2. The van der Waals surface area contributed by atoms with Crippen molar-refractivity contribution in [2.24, 2.45) is 0 Å². The highest BCUT2D eigenvalue weighted by atomic mass is 16.5. The predicted molar refractivity (Wildman–Crippen MR) is 98.6 cm³/mol. The van der Waals surface area contributed by atoms with Crippen LogP contribution in [0, 0.1) is 6.92 Å². The number of amides is 1. The van der Waals surface area contributed by atoms with Gasteiger partial charge in [0.2, 0.25) is 5.91 Å². The molecule has 5 nitrogen and oxygen atoms in total. The summed E-state index contributed by atoms with van der Waals surface area (Å²) < 4.78 is 6.05. The molecule has 1 aromatic carbocycles. The van der Waals surface area contributed by atoms with Gasteiger partial charge in [0.25, 0.3) is 0 Å². The van der Waals surface area contributed by atoms with Crippen molar-refractivity contribution in [3.8, 4) is 0 Å². The van der Waals surface area contributed by atoms with E-state index in [0.29, 0.717) is 13.2 Å². The molecule has 0 radical (unpaired) electrons. The minimum Gasteiger partial charge on any atom is -0.550 e. The molecule has 0 spiro atoms. The zero-order valence-electron chi connectivity index (χ0n) is 16.1. The summed E-state index contributed by atoms with van der Waals surface area (Å²) in [7, 11) is 0. The Bertz CT molecular complexity index is 627. The summed E-state index contributed by atoms with van der Waals surface area (Å²) in [6, 6.07) is 8.64. The topological polar surface area (TPSA) is 78.5 Å². The van der Waals surface area contributed by atoms with Crippen molar-refractivity contribution in [1.82, 2.24) is 5.32 Å². The fourth-order valence-electron chi connectivity index (χ4n) is 3.83. The molecule has 1 fully saturated rings. The second-order valence-electron chi connectivity index (χ2n) is 7.70. The van der Waals surface area contributed by atoms with Gasteiger partial charge < -0.3 is 20.0 Å². The number of ether oxygens (including phenoxy) is 1. The monoisotopic (exact) mass is 360 g/mol. The predicted octanol–water partition coefficient (Wildman–Crippen LogP) is 2.25. The van der Waals surface area contributed by atoms with Gasteiger partial charge in [0.1, 0.15) is 0 Å². The quantitative estimate of drug-likeness (QED) is 0.771. The molecule has 1 saturated heterocycles. The summed E-state index contributed by atoms with van der Waals surface area (Å²) >= 11 is 0. The number of carbonyl (C=O) groups is 2. The molecule has 1 heterocycles. The van der Waals surface area contributed by atoms with Gasteiger partial charge in [-0.1, -0.05) is 36.8 Å². The minimum absolute atomic E-state index is 0.0321. The Labute approximate surface area is 156 Å². The van der Waals surface area contributed by atoms with Crippen molar-refractivity contribution >= 4 is 11.9 Å². The largest absolute Gasteiger partial charge is 0.550 e. The van der Waals surface area contributed by atoms with Crippen molar-refractivity contribution in [1.29, 1.82) is 0 Å². The molecule has 2 rings (SSSR count). The number of rotatable bonds is 8. The minimum atomic E-state index is -1.19. The van der Waals surface area contributed by atoms with Crippen LogP contribution in [0.25, 0.3) is 0 Å². The fourth-order valence-corrected chi connectivity index (χ4v) is 3.83. The molecule has 0 aliphatic carbocycles. The number of carboxylic acids is 1. The first-order chi connectivity index (χ1) is 12.3. The Morgan fingerprint density at radius 3 is 2.54 bits per heavy atom. The van der Waals surface area contributed by atoms with E-state index in [9.17, 15) is 14.7 Å². The van der Waals surface area contributed by atoms with Gasteiger partial charge in [-0.25, -0.2) is 0 Å². The van der Waals surface area contributed by atoms with Crippen LogP contribution in [0.3, 0.4) is 0 Å². The number of aryl methyl sites for hydroxylation is 1. The normalized spacial score (nSPS) is 25.7. The van der Waals surface area contributed by atoms with Crippen LogP contribution >= 0.6 is 0 Å². The number of carbonyl (C=O) groups excluding carboxylic acids is 2. The van der Waals surface area contributed by atoms with Gasteiger partial charge in [-0.3, -0.25) is 4.79 Å². The highest BCUT2D eigenvalue weighted by Crippen LogP contribution is 2.45. The van der Waals surface area contributed by atoms with Gasteiger partial charge in [-0.15, -0.1) is 0 Å². The molecule has 0 bridgehead atoms. The maximum atomic E-state index is 11.8. The van der Waals surface area contributed by atoms with E-state index >= 15 is 0 Å². The molecule has 144 valence electrons. The third-order valence-corrected chi connectivity index (χ3v) is 5.64. The number of hydrogen-bond donors (Lipinski definition) is 1. The maximum Gasteiger partial charge on any atom is 0.220 e. The summed E-state index contributed by atoms with van der Waals surface area (Å²) in [5.41, 5.74) is 2.31. The van der Waals surface area contributed by atoms with Crippen LogP contribution in [0.1, 0.15) is 63.5 Å². The second kappa shape index (κ2) is 8.67. The average Bonchev–Trinajstić information content (AvgIpc) is 2.60. The molecule has 1 aromatic rings. The molecule has 0 saturated carbocycles. The van der Waals surface area contributed by atoms with Gasteiger partial charge in [0, 0.05) is 31.0 Å². The van der Waals surface area contributed by atoms with E-state index in [0.717, 1.165) is 25.7 Å². The first kappa shape index (κ1) is 20.4. The van der Waals surface area contributed by atoms with Crippen LogP contribution in [0.2, 0.25) is 0 Å². The summed E-state index contributed by atoms with van der Waals surface area (Å²) in [6.07, 6.45) is 3.31. The van der Waals surface area contributed by atoms with E-state index < -0.39 is 5.97 Å². The molecule has 26 heavy (non-hydrogen) atoms. The number of aliphatic carboxylic acids is 1. The van der Waals surface area contributed by atoms with Crippen molar-refractivity contribution in [3.63, 3.8) is 0 Å². The van der Waals surface area contributed by atoms with Crippen LogP contribution in [-0.2, 0) is 19.7 Å². The lowest BCUT2D eigenvalue weighted by Crippen LogP contribution is -2.47. The highest BCUT2D eigenvalue weighted by Gasteiger charge is 2.43. The Hall–Kier alpha value is -1.88. The van der Waals surface area contributed by atoms with E-state index in [1.807, 2.05) is 0 Å². The fraction of sp³-hybridized carbons (Fsp3) is 0.619. The van der Waals surface area contributed by atoms with Gasteiger partial charge in [-0.05, 0) is 51.5 Å². The van der Waals surface area contributed by atoms with Crippen LogP contribution in [0.4, 0.5) is 0 Å². The summed E-state index contributed by atoms with van der Waals surface area (Å²) in [5.74, 6) is -1.43. The van der Waals surface area contributed by atoms with E-state index in [2.05, 4.69) is 50.4 Å². The molecule has 0 aromatic heterocycles. The SMILES string of the molecule is CCC1(C)CC(CCNC(=O)CCC(=O)[O-])(c2ccc(C)cc2)CCO1. The summed E-state index contributed by atoms with van der Waals surface area (Å²) in [4.78, 5) is 22.3. The highest BCUT2D eigenvalue weighted by molar-refractivity contribution is 5.79. The molecule has 5 heteroatoms. The number of carboxylic acid groups (broad SMARTS) is 1. The van der Waals surface area contributed by atoms with Crippen LogP contribution in [0.5, 0.6) is 0 Å². The van der Waals surface area contributed by atoms with Gasteiger partial charge in [-0.2, -0.15) is 0 Å². The van der Waals surface area contributed by atoms with Crippen molar-refractivity contribution < 1.29 is 19.4 Å². The molecule has 2 atom stereocenters. The van der Waals surface area contributed by atoms with E-state index in [4.69, 9.17) is 4.74 Å². The van der Waals surface area contributed by atoms with E-state index in [1.165, 1.54) is 11.1 Å². The second-order valence-corrected chi connectivity index (χ2v) is 7.70. The average molecular weight is 360 g/mol. The molecular weight excluding hydrogens is 330 g/mol. The number of benzene rings is 1. The third-order valence-electron chi connectivity index (χ3n) is 5.64. The lowest BCUT2D eigenvalue weighted by atomic mass is 9.66. The molecule has 1 amide bonds. The molecule has 1 aliphatic rings. The zero-order valence-corrected chi connectivity index (χ0v) is 16.1. The first-order valence-corrected chi connectivity index (χ1v) is 9.46. The Kier molecular flexibility index (Phi) is 6.81. The number of nitrogens with one attached hydrogen (secondary N) is 1. The molecule has 1 aliphatic heterocycles. The first-order valence-electron chi connectivity index (χ1n) is 9.46. The Morgan fingerprint density at radius 1 is 1.23 bits per heavy atom. The van der Waals surface area contributed by atoms with Gasteiger partial charge >= 0.3 is 0 Å². The van der Waals surface area contributed by atoms with Gasteiger partial charge in [0.15, 0.2) is 0 Å². The van der Waals surface area contributed by atoms with Crippen LogP contribution in [-0.4, -0.2) is 30.6 Å². The Balaban J connectivity index is 2.10. The third kappa shape index (κ3) is 5.31. The molecule has 2 unspecified atom stereocenters. The van der Waals surface area contributed by atoms with E-state index in [1.54, 1.807) is 0 Å². The van der Waals surface area contributed by atoms with Crippen molar-refractivity contribution in [2.45, 2.75) is 70.3 Å². The Morgan fingerprint density at radius 2 is 1.92 bits per heavy atom. The standard InChI is InChI=1S/C21H31NO4/c1-4-20(3)15-21(12-14-26-20,17-7-5-16(2)6-8-17)11-13-22-18(23)9-10-19(24)25/h5-8H,4,9-15H2,1-3H3,(H,22,23)(H,24,25)/p-1. The summed E-state index contributed by atoms with van der Waals surface area (Å²) in [5, 5.41) is 13.4.